The number of halogens is 1. The van der Waals surface area contributed by atoms with Gasteiger partial charge in [-0.3, -0.25) is 4.79 Å². The molecule has 19 heavy (non-hydrogen) atoms. The number of methoxy groups -OCH3 is 1. The van der Waals surface area contributed by atoms with Crippen LogP contribution in [0, 0.1) is 0 Å². The van der Waals surface area contributed by atoms with E-state index in [0.717, 1.165) is 25.7 Å². The normalized spacial score (nSPS) is 17.2. The van der Waals surface area contributed by atoms with Gasteiger partial charge in [-0.1, -0.05) is 24.4 Å². The molecule has 1 fully saturated rings. The van der Waals surface area contributed by atoms with E-state index in [-0.39, 0.29) is 12.5 Å². The summed E-state index contributed by atoms with van der Waals surface area (Å²) in [6, 6.07) is 4.89. The smallest absolute Gasteiger partial charge is 0.255 e. The monoisotopic (exact) mass is 283 g/mol. The number of nitrogens with one attached hydrogen (secondary N) is 1. The first kappa shape index (κ1) is 14.2. The highest BCUT2D eigenvalue weighted by molar-refractivity contribution is 6.31. The molecule has 0 heterocycles. The molecule has 5 heteroatoms. The number of rotatable bonds is 4. The van der Waals surface area contributed by atoms with Gasteiger partial charge in [-0.15, -0.1) is 0 Å². The standard InChI is InChI=1S/C14H18ClNO3/c1-19-12-5-4-10(15)8-11(12)13(17)16-9-14(18)6-2-3-7-14/h4-5,8,18H,2-3,6-7,9H2,1H3,(H,16,17). The Balaban J connectivity index is 2.05. The van der Waals surface area contributed by atoms with Crippen LogP contribution in [-0.2, 0) is 0 Å². The minimum Gasteiger partial charge on any atom is -0.496 e. The number of aliphatic hydroxyl groups is 1. The van der Waals surface area contributed by atoms with Crippen molar-refractivity contribution in [2.24, 2.45) is 0 Å². The molecule has 0 spiro atoms. The van der Waals surface area contributed by atoms with E-state index in [2.05, 4.69) is 5.32 Å². The van der Waals surface area contributed by atoms with E-state index < -0.39 is 5.60 Å². The second kappa shape index (κ2) is 5.80. The van der Waals surface area contributed by atoms with Crippen LogP contribution in [0.25, 0.3) is 0 Å². The summed E-state index contributed by atoms with van der Waals surface area (Å²) in [7, 11) is 1.50. The number of benzene rings is 1. The molecule has 1 saturated carbocycles. The molecule has 2 N–H and O–H groups in total. The van der Waals surface area contributed by atoms with Crippen LogP contribution < -0.4 is 10.1 Å². The summed E-state index contributed by atoms with van der Waals surface area (Å²) in [4.78, 5) is 12.1. The SMILES string of the molecule is COc1ccc(Cl)cc1C(=O)NCC1(O)CCCC1. The summed E-state index contributed by atoms with van der Waals surface area (Å²) in [6.07, 6.45) is 3.49. The Morgan fingerprint density at radius 3 is 2.79 bits per heavy atom. The fourth-order valence-electron chi connectivity index (χ4n) is 2.41. The summed E-state index contributed by atoms with van der Waals surface area (Å²) >= 11 is 5.89. The van der Waals surface area contributed by atoms with E-state index >= 15 is 0 Å². The van der Waals surface area contributed by atoms with Crippen LogP contribution in [0.15, 0.2) is 18.2 Å². The molecule has 0 radical (unpaired) electrons. The molecule has 0 atom stereocenters. The van der Waals surface area contributed by atoms with Gasteiger partial charge in [0.2, 0.25) is 0 Å². The average molecular weight is 284 g/mol. The van der Waals surface area contributed by atoms with Crippen molar-refractivity contribution in [1.82, 2.24) is 5.32 Å². The van der Waals surface area contributed by atoms with E-state index in [0.29, 0.717) is 16.3 Å². The lowest BCUT2D eigenvalue weighted by Crippen LogP contribution is -2.40. The van der Waals surface area contributed by atoms with Crippen molar-refractivity contribution in [3.05, 3.63) is 28.8 Å². The molecule has 1 aromatic rings. The zero-order valence-corrected chi connectivity index (χ0v) is 11.7. The quantitative estimate of drug-likeness (QED) is 0.892. The predicted octanol–water partition coefficient (Wildman–Crippen LogP) is 2.38. The minimum atomic E-state index is -0.762. The lowest BCUT2D eigenvalue weighted by molar-refractivity contribution is 0.0449. The summed E-state index contributed by atoms with van der Waals surface area (Å²) < 4.78 is 5.14. The van der Waals surface area contributed by atoms with Crippen LogP contribution in [-0.4, -0.2) is 30.3 Å². The van der Waals surface area contributed by atoms with Crippen LogP contribution in [0.3, 0.4) is 0 Å². The van der Waals surface area contributed by atoms with E-state index in [1.54, 1.807) is 18.2 Å². The van der Waals surface area contributed by atoms with Crippen LogP contribution in [0.1, 0.15) is 36.0 Å². The molecule has 4 nitrogen and oxygen atoms in total. The summed E-state index contributed by atoms with van der Waals surface area (Å²) in [5.41, 5.74) is -0.377. The third kappa shape index (κ3) is 3.39. The minimum absolute atomic E-state index is 0.265. The summed E-state index contributed by atoms with van der Waals surface area (Å²) in [5.74, 6) is 0.194. The molecule has 0 aromatic heterocycles. The second-order valence-corrected chi connectivity index (χ2v) is 5.40. The molecular formula is C14H18ClNO3. The van der Waals surface area contributed by atoms with Crippen LogP contribution >= 0.6 is 11.6 Å². The Bertz CT molecular complexity index is 470. The van der Waals surface area contributed by atoms with Gasteiger partial charge in [0, 0.05) is 11.6 Å². The summed E-state index contributed by atoms with van der Waals surface area (Å²) in [5, 5.41) is 13.4. The van der Waals surface area contributed by atoms with Gasteiger partial charge in [-0.25, -0.2) is 0 Å². The van der Waals surface area contributed by atoms with Crippen molar-refractivity contribution in [2.45, 2.75) is 31.3 Å². The predicted molar refractivity (Wildman–Crippen MR) is 73.8 cm³/mol. The van der Waals surface area contributed by atoms with Gasteiger partial charge in [-0.2, -0.15) is 0 Å². The zero-order valence-electron chi connectivity index (χ0n) is 10.9. The fraction of sp³-hybridized carbons (Fsp3) is 0.500. The van der Waals surface area contributed by atoms with Crippen molar-refractivity contribution >= 4 is 17.5 Å². The Labute approximate surface area is 117 Å². The third-order valence-electron chi connectivity index (χ3n) is 3.52. The molecular weight excluding hydrogens is 266 g/mol. The topological polar surface area (TPSA) is 58.6 Å². The maximum Gasteiger partial charge on any atom is 0.255 e. The maximum absolute atomic E-state index is 12.1. The number of hydrogen-bond acceptors (Lipinski definition) is 3. The Morgan fingerprint density at radius 1 is 1.47 bits per heavy atom. The lowest BCUT2D eigenvalue weighted by Gasteiger charge is -2.22. The highest BCUT2D eigenvalue weighted by Gasteiger charge is 2.31. The van der Waals surface area contributed by atoms with Gasteiger partial charge in [-0.05, 0) is 31.0 Å². The molecule has 1 aliphatic carbocycles. The molecule has 0 saturated heterocycles. The number of ether oxygens (including phenoxy) is 1. The molecule has 1 aromatic carbocycles. The second-order valence-electron chi connectivity index (χ2n) is 4.96. The van der Waals surface area contributed by atoms with Gasteiger partial charge < -0.3 is 15.2 Å². The number of amides is 1. The van der Waals surface area contributed by atoms with Crippen molar-refractivity contribution in [3.8, 4) is 5.75 Å². The van der Waals surface area contributed by atoms with Gasteiger partial charge >= 0.3 is 0 Å². The van der Waals surface area contributed by atoms with E-state index in [1.165, 1.54) is 7.11 Å². The first-order chi connectivity index (χ1) is 9.04. The number of hydrogen-bond donors (Lipinski definition) is 2. The highest BCUT2D eigenvalue weighted by Crippen LogP contribution is 2.29. The number of carbonyl (C=O) groups excluding carboxylic acids is 1. The largest absolute Gasteiger partial charge is 0.496 e. The molecule has 0 unspecified atom stereocenters. The molecule has 1 amide bonds. The molecule has 1 aliphatic rings. The first-order valence-corrected chi connectivity index (χ1v) is 6.76. The molecule has 0 bridgehead atoms. The van der Waals surface area contributed by atoms with Crippen molar-refractivity contribution in [3.63, 3.8) is 0 Å². The third-order valence-corrected chi connectivity index (χ3v) is 3.75. The van der Waals surface area contributed by atoms with Crippen molar-refractivity contribution in [1.29, 1.82) is 0 Å². The fourth-order valence-corrected chi connectivity index (χ4v) is 2.58. The average Bonchev–Trinajstić information content (AvgIpc) is 2.83. The molecule has 0 aliphatic heterocycles. The van der Waals surface area contributed by atoms with Crippen molar-refractivity contribution in [2.75, 3.05) is 13.7 Å². The lowest BCUT2D eigenvalue weighted by atomic mass is 10.0. The van der Waals surface area contributed by atoms with Gasteiger partial charge in [0.1, 0.15) is 5.75 Å². The Morgan fingerprint density at radius 2 is 2.16 bits per heavy atom. The Kier molecular flexibility index (Phi) is 4.32. The summed E-state index contributed by atoms with van der Waals surface area (Å²) in [6.45, 7) is 0.265. The first-order valence-electron chi connectivity index (χ1n) is 6.38. The highest BCUT2D eigenvalue weighted by atomic mass is 35.5. The Hall–Kier alpha value is -1.26. The van der Waals surface area contributed by atoms with E-state index in [9.17, 15) is 9.90 Å². The number of carbonyl (C=O) groups is 1. The van der Waals surface area contributed by atoms with Gasteiger partial charge in [0.05, 0.1) is 18.3 Å². The van der Waals surface area contributed by atoms with E-state index in [4.69, 9.17) is 16.3 Å². The van der Waals surface area contributed by atoms with Gasteiger partial charge in [0.15, 0.2) is 0 Å². The van der Waals surface area contributed by atoms with Gasteiger partial charge in [0.25, 0.3) is 5.91 Å². The maximum atomic E-state index is 12.1. The van der Waals surface area contributed by atoms with Crippen molar-refractivity contribution < 1.29 is 14.6 Å². The van der Waals surface area contributed by atoms with E-state index in [1.807, 2.05) is 0 Å². The van der Waals surface area contributed by atoms with Crippen LogP contribution in [0.5, 0.6) is 5.75 Å². The molecule has 2 rings (SSSR count). The molecule has 104 valence electrons. The van der Waals surface area contributed by atoms with Crippen LogP contribution in [0.2, 0.25) is 5.02 Å². The zero-order chi connectivity index (χ0) is 13.9. The van der Waals surface area contributed by atoms with Crippen LogP contribution in [0.4, 0.5) is 0 Å².